The van der Waals surface area contributed by atoms with Crippen LogP contribution in [0.1, 0.15) is 5.69 Å². The molecule has 2 heterocycles. The Hall–Kier alpha value is -1.10. The van der Waals surface area contributed by atoms with E-state index < -0.39 is 10.0 Å². The van der Waals surface area contributed by atoms with Crippen molar-refractivity contribution < 1.29 is 8.42 Å². The Balaban J connectivity index is 2.21. The molecule has 0 fully saturated rings. The van der Waals surface area contributed by atoms with Crippen LogP contribution in [-0.2, 0) is 16.6 Å². The Labute approximate surface area is 106 Å². The Morgan fingerprint density at radius 2 is 2.24 bits per heavy atom. The van der Waals surface area contributed by atoms with E-state index in [0.717, 1.165) is 11.3 Å². The Morgan fingerprint density at radius 3 is 2.76 bits per heavy atom. The third-order valence-electron chi connectivity index (χ3n) is 1.92. The fraction of sp³-hybridized carbons (Fsp3) is 0.286. The maximum absolute atomic E-state index is 12.0. The highest BCUT2D eigenvalue weighted by atomic mass is 32.2. The Morgan fingerprint density at radius 1 is 1.47 bits per heavy atom. The second kappa shape index (κ2) is 4.64. The van der Waals surface area contributed by atoms with E-state index in [1.807, 2.05) is 0 Å². The molecule has 0 spiro atoms. The van der Waals surface area contributed by atoms with E-state index in [4.69, 9.17) is 5.73 Å². The molecule has 0 aliphatic heterocycles. The van der Waals surface area contributed by atoms with Crippen molar-refractivity contribution in [1.29, 1.82) is 0 Å². The maximum Gasteiger partial charge on any atom is 0.272 e. The molecule has 0 aliphatic carbocycles. The maximum atomic E-state index is 12.0. The van der Waals surface area contributed by atoms with Crippen LogP contribution in [-0.4, -0.2) is 35.0 Å². The van der Waals surface area contributed by atoms with Gasteiger partial charge in [-0.15, -0.1) is 21.5 Å². The molecule has 0 aliphatic rings. The summed E-state index contributed by atoms with van der Waals surface area (Å²) in [5.41, 5.74) is 7.71. The lowest BCUT2D eigenvalue weighted by atomic mass is 10.5. The summed E-state index contributed by atoms with van der Waals surface area (Å²) in [6.07, 6.45) is 0. The van der Waals surface area contributed by atoms with E-state index in [2.05, 4.69) is 15.2 Å². The topological polar surface area (TPSA) is 102 Å². The van der Waals surface area contributed by atoms with Gasteiger partial charge in [-0.05, 0) is 0 Å². The number of thiazole rings is 1. The molecule has 0 aromatic carbocycles. The van der Waals surface area contributed by atoms with Crippen molar-refractivity contribution in [3.63, 3.8) is 0 Å². The van der Waals surface area contributed by atoms with Crippen LogP contribution >= 0.6 is 22.7 Å². The monoisotopic (exact) mass is 291 g/mol. The minimum atomic E-state index is -3.63. The van der Waals surface area contributed by atoms with Crippen molar-refractivity contribution >= 4 is 37.8 Å². The number of hydrogen-bond acceptors (Lipinski definition) is 8. The average Bonchev–Trinajstić information content (AvgIpc) is 2.89. The van der Waals surface area contributed by atoms with E-state index in [1.165, 1.54) is 22.7 Å². The van der Waals surface area contributed by atoms with Crippen molar-refractivity contribution in [2.45, 2.75) is 10.9 Å². The van der Waals surface area contributed by atoms with E-state index in [1.54, 1.807) is 10.9 Å². The molecule has 0 bridgehead atoms. The molecule has 2 aromatic rings. The van der Waals surface area contributed by atoms with Gasteiger partial charge in [0.05, 0.1) is 17.7 Å². The number of nitrogens with two attached hydrogens (primary N) is 1. The van der Waals surface area contributed by atoms with Crippen LogP contribution in [0.25, 0.3) is 0 Å². The predicted octanol–water partition coefficient (Wildman–Crippen LogP) is 0.398. The van der Waals surface area contributed by atoms with Gasteiger partial charge >= 0.3 is 0 Å². The first kappa shape index (κ1) is 12.4. The van der Waals surface area contributed by atoms with Gasteiger partial charge in [0, 0.05) is 12.4 Å². The van der Waals surface area contributed by atoms with Crippen molar-refractivity contribution in [3.05, 3.63) is 16.6 Å². The molecule has 2 rings (SSSR count). The highest BCUT2D eigenvalue weighted by Gasteiger charge is 2.25. The third kappa shape index (κ3) is 2.60. The zero-order valence-electron chi connectivity index (χ0n) is 8.77. The standard InChI is InChI=1S/C7H9N5O2S3/c1-12(2-5-3-15-4-9-5)17(13,14)7-11-10-6(8)16-7/h3-4H,2H2,1H3,(H2,8,10). The Bertz CT molecular complexity index is 591. The fourth-order valence-electron chi connectivity index (χ4n) is 1.09. The van der Waals surface area contributed by atoms with E-state index >= 15 is 0 Å². The van der Waals surface area contributed by atoms with E-state index in [0.29, 0.717) is 5.69 Å². The quantitative estimate of drug-likeness (QED) is 0.874. The number of anilines is 1. The molecule has 0 atom stereocenters. The highest BCUT2D eigenvalue weighted by molar-refractivity contribution is 7.91. The van der Waals surface area contributed by atoms with Crippen LogP contribution in [0.2, 0.25) is 0 Å². The molecule has 2 aromatic heterocycles. The van der Waals surface area contributed by atoms with E-state index in [-0.39, 0.29) is 16.0 Å². The number of sulfonamides is 1. The first-order chi connectivity index (χ1) is 8.00. The van der Waals surface area contributed by atoms with Gasteiger partial charge in [0.2, 0.25) is 9.47 Å². The number of nitrogens with zero attached hydrogens (tertiary/aromatic N) is 4. The molecule has 0 saturated heterocycles. The molecule has 0 radical (unpaired) electrons. The van der Waals surface area contributed by atoms with Crippen molar-refractivity contribution in [3.8, 4) is 0 Å². The summed E-state index contributed by atoms with van der Waals surface area (Å²) in [7, 11) is -2.17. The molecule has 17 heavy (non-hydrogen) atoms. The second-order valence-corrected chi connectivity index (χ2v) is 7.09. The first-order valence-electron chi connectivity index (χ1n) is 4.42. The van der Waals surface area contributed by atoms with Crippen LogP contribution in [0.15, 0.2) is 15.2 Å². The van der Waals surface area contributed by atoms with Crippen molar-refractivity contribution in [2.24, 2.45) is 0 Å². The molecule has 2 N–H and O–H groups in total. The summed E-state index contributed by atoms with van der Waals surface area (Å²) in [6, 6.07) is 0. The van der Waals surface area contributed by atoms with Gasteiger partial charge in [-0.25, -0.2) is 13.4 Å². The van der Waals surface area contributed by atoms with Gasteiger partial charge in [-0.2, -0.15) is 4.31 Å². The zero-order chi connectivity index (χ0) is 12.5. The lowest BCUT2D eigenvalue weighted by Crippen LogP contribution is -2.26. The predicted molar refractivity (Wildman–Crippen MR) is 65.1 cm³/mol. The van der Waals surface area contributed by atoms with Crippen LogP contribution in [0.5, 0.6) is 0 Å². The van der Waals surface area contributed by atoms with Crippen molar-refractivity contribution in [2.75, 3.05) is 12.8 Å². The SMILES string of the molecule is CN(Cc1cscn1)S(=O)(=O)c1nnc(N)s1. The minimum absolute atomic E-state index is 0.104. The molecular weight excluding hydrogens is 282 g/mol. The van der Waals surface area contributed by atoms with Gasteiger partial charge in [0.1, 0.15) is 0 Å². The summed E-state index contributed by atoms with van der Waals surface area (Å²) < 4.78 is 25.1. The molecule has 0 saturated carbocycles. The zero-order valence-corrected chi connectivity index (χ0v) is 11.2. The number of aromatic nitrogens is 3. The number of hydrogen-bond donors (Lipinski definition) is 1. The fourth-order valence-corrected chi connectivity index (χ4v) is 3.75. The molecule has 0 unspecified atom stereocenters. The minimum Gasteiger partial charge on any atom is -0.374 e. The van der Waals surface area contributed by atoms with E-state index in [9.17, 15) is 8.42 Å². The smallest absolute Gasteiger partial charge is 0.272 e. The van der Waals surface area contributed by atoms with Crippen LogP contribution in [0.3, 0.4) is 0 Å². The van der Waals surface area contributed by atoms with Gasteiger partial charge < -0.3 is 5.73 Å². The normalized spacial score (nSPS) is 12.1. The van der Waals surface area contributed by atoms with Gasteiger partial charge in [0.25, 0.3) is 10.0 Å². The second-order valence-electron chi connectivity index (χ2n) is 3.15. The highest BCUT2D eigenvalue weighted by Crippen LogP contribution is 2.21. The van der Waals surface area contributed by atoms with Crippen molar-refractivity contribution in [1.82, 2.24) is 19.5 Å². The summed E-state index contributed by atoms with van der Waals surface area (Å²) in [4.78, 5) is 4.02. The lowest BCUT2D eigenvalue weighted by Gasteiger charge is -2.12. The first-order valence-corrected chi connectivity index (χ1v) is 7.62. The van der Waals surface area contributed by atoms with Gasteiger partial charge in [0.15, 0.2) is 0 Å². The van der Waals surface area contributed by atoms with Crippen LogP contribution < -0.4 is 5.73 Å². The largest absolute Gasteiger partial charge is 0.374 e. The summed E-state index contributed by atoms with van der Waals surface area (Å²) >= 11 is 2.26. The number of rotatable bonds is 4. The van der Waals surface area contributed by atoms with Crippen LogP contribution in [0, 0.1) is 0 Å². The third-order valence-corrected chi connectivity index (χ3v) is 5.46. The average molecular weight is 291 g/mol. The number of nitrogen functional groups attached to an aromatic ring is 1. The molecule has 10 heteroatoms. The Kier molecular flexibility index (Phi) is 3.38. The van der Waals surface area contributed by atoms with Crippen LogP contribution in [0.4, 0.5) is 5.13 Å². The molecular formula is C7H9N5O2S3. The summed E-state index contributed by atoms with van der Waals surface area (Å²) in [6.45, 7) is 0.200. The van der Waals surface area contributed by atoms with Gasteiger partial charge in [-0.3, -0.25) is 0 Å². The van der Waals surface area contributed by atoms with Gasteiger partial charge in [-0.1, -0.05) is 11.3 Å². The molecule has 92 valence electrons. The lowest BCUT2D eigenvalue weighted by molar-refractivity contribution is 0.462. The molecule has 0 amide bonds. The summed E-state index contributed by atoms with van der Waals surface area (Å²) in [5, 5.41) is 8.95. The molecule has 7 nitrogen and oxygen atoms in total. The summed E-state index contributed by atoms with van der Waals surface area (Å²) in [5.74, 6) is 0.